The Labute approximate surface area is 161 Å². The molecule has 1 aromatic carbocycles. The SMILES string of the molecule is COCCN1CCN(c2nc(NC(=O)Cc3ccccc3)ccc2C)CC1. The van der Waals surface area contributed by atoms with Gasteiger partial charge in [-0.05, 0) is 24.1 Å². The largest absolute Gasteiger partial charge is 0.383 e. The summed E-state index contributed by atoms with van der Waals surface area (Å²) >= 11 is 0. The van der Waals surface area contributed by atoms with Crippen molar-refractivity contribution >= 4 is 17.5 Å². The molecule has 0 atom stereocenters. The Morgan fingerprint density at radius 3 is 2.56 bits per heavy atom. The number of benzene rings is 1. The predicted molar refractivity (Wildman–Crippen MR) is 108 cm³/mol. The maximum Gasteiger partial charge on any atom is 0.229 e. The number of hydrogen-bond donors (Lipinski definition) is 1. The van der Waals surface area contributed by atoms with Crippen molar-refractivity contribution in [1.82, 2.24) is 9.88 Å². The third-order valence-electron chi connectivity index (χ3n) is 4.83. The number of carbonyl (C=O) groups is 1. The molecular formula is C21H28N4O2. The summed E-state index contributed by atoms with van der Waals surface area (Å²) in [6, 6.07) is 13.6. The van der Waals surface area contributed by atoms with Gasteiger partial charge in [0.2, 0.25) is 5.91 Å². The Morgan fingerprint density at radius 1 is 1.11 bits per heavy atom. The molecule has 0 unspecified atom stereocenters. The van der Waals surface area contributed by atoms with Crippen molar-refractivity contribution in [2.24, 2.45) is 0 Å². The molecule has 1 N–H and O–H groups in total. The molecule has 27 heavy (non-hydrogen) atoms. The van der Waals surface area contributed by atoms with Crippen LogP contribution in [0.3, 0.4) is 0 Å². The maximum absolute atomic E-state index is 12.3. The summed E-state index contributed by atoms with van der Waals surface area (Å²) in [4.78, 5) is 21.7. The van der Waals surface area contributed by atoms with Crippen molar-refractivity contribution in [1.29, 1.82) is 0 Å². The van der Waals surface area contributed by atoms with Gasteiger partial charge in [-0.25, -0.2) is 4.98 Å². The summed E-state index contributed by atoms with van der Waals surface area (Å²) in [5.41, 5.74) is 2.12. The van der Waals surface area contributed by atoms with Crippen molar-refractivity contribution in [2.45, 2.75) is 13.3 Å². The van der Waals surface area contributed by atoms with Crippen LogP contribution in [0.2, 0.25) is 0 Å². The van der Waals surface area contributed by atoms with Crippen LogP contribution >= 0.6 is 0 Å². The van der Waals surface area contributed by atoms with Gasteiger partial charge in [0.1, 0.15) is 11.6 Å². The molecule has 0 spiro atoms. The number of ether oxygens (including phenoxy) is 1. The van der Waals surface area contributed by atoms with Gasteiger partial charge in [0, 0.05) is 39.8 Å². The van der Waals surface area contributed by atoms with Gasteiger partial charge in [-0.15, -0.1) is 0 Å². The summed E-state index contributed by atoms with van der Waals surface area (Å²) < 4.78 is 5.16. The maximum atomic E-state index is 12.3. The van der Waals surface area contributed by atoms with Gasteiger partial charge in [0.15, 0.2) is 0 Å². The third-order valence-corrected chi connectivity index (χ3v) is 4.83. The molecular weight excluding hydrogens is 340 g/mol. The molecule has 6 heteroatoms. The molecule has 1 aliphatic rings. The first-order chi connectivity index (χ1) is 13.2. The van der Waals surface area contributed by atoms with Crippen LogP contribution in [0.5, 0.6) is 0 Å². The van der Waals surface area contributed by atoms with Crippen LogP contribution < -0.4 is 10.2 Å². The van der Waals surface area contributed by atoms with Crippen LogP contribution in [0, 0.1) is 6.92 Å². The minimum atomic E-state index is -0.0483. The zero-order valence-corrected chi connectivity index (χ0v) is 16.1. The van der Waals surface area contributed by atoms with Crippen LogP contribution in [0.4, 0.5) is 11.6 Å². The number of rotatable bonds is 7. The fraction of sp³-hybridized carbons (Fsp3) is 0.429. The quantitative estimate of drug-likeness (QED) is 0.813. The first-order valence-corrected chi connectivity index (χ1v) is 9.43. The van der Waals surface area contributed by atoms with Crippen LogP contribution in [0.1, 0.15) is 11.1 Å². The minimum Gasteiger partial charge on any atom is -0.383 e. The number of nitrogens with one attached hydrogen (secondary N) is 1. The summed E-state index contributed by atoms with van der Waals surface area (Å²) in [5.74, 6) is 1.52. The van der Waals surface area contributed by atoms with Crippen LogP contribution in [0.25, 0.3) is 0 Å². The van der Waals surface area contributed by atoms with Gasteiger partial charge in [0.25, 0.3) is 0 Å². The van der Waals surface area contributed by atoms with Gasteiger partial charge >= 0.3 is 0 Å². The molecule has 1 aromatic heterocycles. The highest BCUT2D eigenvalue weighted by atomic mass is 16.5. The Morgan fingerprint density at radius 2 is 1.85 bits per heavy atom. The molecule has 1 amide bonds. The molecule has 2 aromatic rings. The minimum absolute atomic E-state index is 0.0483. The number of carbonyl (C=O) groups excluding carboxylic acids is 1. The smallest absolute Gasteiger partial charge is 0.229 e. The van der Waals surface area contributed by atoms with E-state index in [1.165, 1.54) is 0 Å². The van der Waals surface area contributed by atoms with Gasteiger partial charge in [-0.3, -0.25) is 9.69 Å². The molecule has 0 saturated carbocycles. The van der Waals surface area contributed by atoms with Crippen LogP contribution in [0.15, 0.2) is 42.5 Å². The standard InChI is InChI=1S/C21H28N4O2/c1-17-8-9-19(22-20(26)16-18-6-4-3-5-7-18)23-21(17)25-12-10-24(11-13-25)14-15-27-2/h3-9H,10-16H2,1-2H3,(H,22,23,26). The monoisotopic (exact) mass is 368 g/mol. The Bertz CT molecular complexity index is 743. The summed E-state index contributed by atoms with van der Waals surface area (Å²) in [6.07, 6.45) is 0.351. The number of amides is 1. The number of hydrogen-bond acceptors (Lipinski definition) is 5. The number of methoxy groups -OCH3 is 1. The number of nitrogens with zero attached hydrogens (tertiary/aromatic N) is 3. The van der Waals surface area contributed by atoms with Gasteiger partial charge in [-0.1, -0.05) is 36.4 Å². The third kappa shape index (κ3) is 5.52. The topological polar surface area (TPSA) is 57.7 Å². The molecule has 1 saturated heterocycles. The summed E-state index contributed by atoms with van der Waals surface area (Å²) in [7, 11) is 1.74. The fourth-order valence-electron chi connectivity index (χ4n) is 3.28. The van der Waals surface area contributed by atoms with Crippen LogP contribution in [-0.4, -0.2) is 62.2 Å². The summed E-state index contributed by atoms with van der Waals surface area (Å²) in [5, 5.41) is 2.93. The Balaban J connectivity index is 1.60. The zero-order valence-electron chi connectivity index (χ0n) is 16.1. The first kappa shape index (κ1) is 19.3. The Hall–Kier alpha value is -2.44. The molecule has 0 radical (unpaired) electrons. The van der Waals surface area contributed by atoms with E-state index in [9.17, 15) is 4.79 Å². The number of pyridine rings is 1. The predicted octanol–water partition coefficient (Wildman–Crippen LogP) is 2.34. The van der Waals surface area contributed by atoms with Crippen molar-refractivity contribution < 1.29 is 9.53 Å². The number of aromatic nitrogens is 1. The molecule has 144 valence electrons. The van der Waals surface area contributed by atoms with E-state index < -0.39 is 0 Å². The van der Waals surface area contributed by atoms with Crippen molar-refractivity contribution in [3.05, 3.63) is 53.6 Å². The van der Waals surface area contributed by atoms with Gasteiger partial charge in [0.05, 0.1) is 13.0 Å². The number of anilines is 2. The van der Waals surface area contributed by atoms with Crippen molar-refractivity contribution in [3.63, 3.8) is 0 Å². The van der Waals surface area contributed by atoms with Crippen LogP contribution in [-0.2, 0) is 16.0 Å². The lowest BCUT2D eigenvalue weighted by Gasteiger charge is -2.36. The van der Waals surface area contributed by atoms with E-state index in [4.69, 9.17) is 9.72 Å². The first-order valence-electron chi connectivity index (χ1n) is 9.43. The fourth-order valence-corrected chi connectivity index (χ4v) is 3.28. The normalized spacial score (nSPS) is 15.0. The second-order valence-corrected chi connectivity index (χ2v) is 6.87. The average molecular weight is 368 g/mol. The Kier molecular flexibility index (Phi) is 6.79. The summed E-state index contributed by atoms with van der Waals surface area (Å²) in [6.45, 7) is 7.64. The molecule has 1 aliphatic heterocycles. The van der Waals surface area contributed by atoms with E-state index in [1.807, 2.05) is 42.5 Å². The van der Waals surface area contributed by atoms with Gasteiger partial charge < -0.3 is 15.0 Å². The highest BCUT2D eigenvalue weighted by molar-refractivity contribution is 5.91. The lowest BCUT2D eigenvalue weighted by Crippen LogP contribution is -2.47. The highest BCUT2D eigenvalue weighted by Gasteiger charge is 2.19. The van der Waals surface area contributed by atoms with E-state index in [0.717, 1.165) is 56.3 Å². The molecule has 6 nitrogen and oxygen atoms in total. The molecule has 1 fully saturated rings. The van der Waals surface area contributed by atoms with Crippen molar-refractivity contribution in [3.8, 4) is 0 Å². The number of aryl methyl sites for hydroxylation is 1. The lowest BCUT2D eigenvalue weighted by molar-refractivity contribution is -0.115. The lowest BCUT2D eigenvalue weighted by atomic mass is 10.1. The van der Waals surface area contributed by atoms with E-state index in [1.54, 1.807) is 7.11 Å². The van der Waals surface area contributed by atoms with Gasteiger partial charge in [-0.2, -0.15) is 0 Å². The van der Waals surface area contributed by atoms with E-state index in [-0.39, 0.29) is 5.91 Å². The second kappa shape index (κ2) is 9.48. The van der Waals surface area contributed by atoms with E-state index >= 15 is 0 Å². The van der Waals surface area contributed by atoms with E-state index in [2.05, 4.69) is 22.0 Å². The number of piperazine rings is 1. The second-order valence-electron chi connectivity index (χ2n) is 6.87. The van der Waals surface area contributed by atoms with Crippen molar-refractivity contribution in [2.75, 3.05) is 56.7 Å². The highest BCUT2D eigenvalue weighted by Crippen LogP contribution is 2.21. The molecule has 0 aliphatic carbocycles. The average Bonchev–Trinajstić information content (AvgIpc) is 2.69. The molecule has 0 bridgehead atoms. The molecule has 3 rings (SSSR count). The molecule has 2 heterocycles. The van der Waals surface area contributed by atoms with E-state index in [0.29, 0.717) is 12.2 Å². The zero-order chi connectivity index (χ0) is 19.1.